The zero-order valence-corrected chi connectivity index (χ0v) is 19.7. The third-order valence-electron chi connectivity index (χ3n) is 5.58. The highest BCUT2D eigenvalue weighted by Gasteiger charge is 2.15. The minimum absolute atomic E-state index is 0.158. The van der Waals surface area contributed by atoms with Crippen LogP contribution >= 0.6 is 0 Å². The molecule has 3 aromatic carbocycles. The Bertz CT molecular complexity index is 1400. The van der Waals surface area contributed by atoms with Gasteiger partial charge in [0.15, 0.2) is 6.61 Å². The molecule has 6 nitrogen and oxygen atoms in total. The number of ether oxygens (including phenoxy) is 2. The van der Waals surface area contributed by atoms with E-state index in [0.29, 0.717) is 33.9 Å². The van der Waals surface area contributed by atoms with Gasteiger partial charge in [0.1, 0.15) is 17.1 Å². The monoisotopic (exact) mass is 457 g/mol. The predicted octanol–water partition coefficient (Wildman–Crippen LogP) is 5.92. The van der Waals surface area contributed by atoms with E-state index in [1.807, 2.05) is 43.3 Å². The normalized spacial score (nSPS) is 11.0. The van der Waals surface area contributed by atoms with Crippen molar-refractivity contribution in [1.29, 1.82) is 0 Å². The highest BCUT2D eigenvalue weighted by Crippen LogP contribution is 2.31. The molecule has 1 aromatic heterocycles. The summed E-state index contributed by atoms with van der Waals surface area (Å²) in [6.45, 7) is 5.99. The standard InChI is InChI=1S/C28H27NO5/c1-17(2)21-11-9-18(3)13-26(21)33-16-27(30)29-23-15-19(10-12-25(23)32-4)22-14-20-7-5-6-8-24(20)34-28(22)31/h5-15,17H,16H2,1-4H3,(H,29,30). The molecule has 6 heteroatoms. The van der Waals surface area contributed by atoms with Gasteiger partial charge in [0, 0.05) is 5.39 Å². The van der Waals surface area contributed by atoms with Crippen LogP contribution in [0.3, 0.4) is 0 Å². The Morgan fingerprint density at radius 2 is 1.79 bits per heavy atom. The van der Waals surface area contributed by atoms with Crippen LogP contribution in [0.25, 0.3) is 22.1 Å². The van der Waals surface area contributed by atoms with Crippen LogP contribution in [0.4, 0.5) is 5.69 Å². The second kappa shape index (κ2) is 9.83. The number of benzene rings is 3. The van der Waals surface area contributed by atoms with E-state index in [0.717, 1.165) is 16.5 Å². The van der Waals surface area contributed by atoms with Gasteiger partial charge in [-0.05, 0) is 59.9 Å². The Morgan fingerprint density at radius 3 is 2.56 bits per heavy atom. The summed E-state index contributed by atoms with van der Waals surface area (Å²) < 4.78 is 16.7. The Balaban J connectivity index is 1.58. The first kappa shape index (κ1) is 23.1. The number of fused-ring (bicyclic) bond motifs is 1. The van der Waals surface area contributed by atoms with E-state index < -0.39 is 5.63 Å². The zero-order valence-electron chi connectivity index (χ0n) is 19.7. The zero-order chi connectivity index (χ0) is 24.2. The van der Waals surface area contributed by atoms with Crippen LogP contribution in [-0.2, 0) is 4.79 Å². The van der Waals surface area contributed by atoms with Gasteiger partial charge in [-0.1, -0.05) is 50.2 Å². The third-order valence-corrected chi connectivity index (χ3v) is 5.58. The molecule has 0 unspecified atom stereocenters. The van der Waals surface area contributed by atoms with Crippen LogP contribution in [0.15, 0.2) is 75.9 Å². The minimum atomic E-state index is -0.454. The third kappa shape index (κ3) is 4.96. The van der Waals surface area contributed by atoms with Crippen LogP contribution < -0.4 is 20.4 Å². The van der Waals surface area contributed by atoms with Crippen molar-refractivity contribution in [2.75, 3.05) is 19.0 Å². The van der Waals surface area contributed by atoms with Gasteiger partial charge in [0.2, 0.25) is 0 Å². The van der Waals surface area contributed by atoms with Crippen molar-refractivity contribution < 1.29 is 18.7 Å². The molecule has 0 atom stereocenters. The number of carbonyl (C=O) groups is 1. The summed E-state index contributed by atoms with van der Waals surface area (Å²) in [5.41, 5.74) is 3.61. The summed E-state index contributed by atoms with van der Waals surface area (Å²) in [4.78, 5) is 25.3. The molecule has 0 saturated heterocycles. The second-order valence-corrected chi connectivity index (χ2v) is 8.43. The lowest BCUT2D eigenvalue weighted by Crippen LogP contribution is -2.21. The largest absolute Gasteiger partial charge is 0.495 e. The van der Waals surface area contributed by atoms with Crippen LogP contribution in [0.5, 0.6) is 11.5 Å². The van der Waals surface area contributed by atoms with Gasteiger partial charge in [0.25, 0.3) is 5.91 Å². The number of hydrogen-bond acceptors (Lipinski definition) is 5. The molecule has 1 N–H and O–H groups in total. The van der Waals surface area contributed by atoms with E-state index in [4.69, 9.17) is 13.9 Å². The number of para-hydroxylation sites is 1. The fourth-order valence-electron chi connectivity index (χ4n) is 3.81. The highest BCUT2D eigenvalue weighted by molar-refractivity contribution is 5.94. The number of aryl methyl sites for hydroxylation is 1. The van der Waals surface area contributed by atoms with Crippen molar-refractivity contribution in [3.8, 4) is 22.6 Å². The molecule has 0 aliphatic carbocycles. The van der Waals surface area contributed by atoms with Crippen molar-refractivity contribution >= 4 is 22.6 Å². The maximum absolute atomic E-state index is 12.7. The predicted molar refractivity (Wildman–Crippen MR) is 134 cm³/mol. The van der Waals surface area contributed by atoms with Crippen LogP contribution in [0.1, 0.15) is 30.9 Å². The molecule has 0 saturated carbocycles. The molecule has 4 rings (SSSR count). The van der Waals surface area contributed by atoms with Gasteiger partial charge >= 0.3 is 5.63 Å². The van der Waals surface area contributed by atoms with Gasteiger partial charge in [-0.25, -0.2) is 4.79 Å². The average molecular weight is 458 g/mol. The molecule has 1 heterocycles. The fourth-order valence-corrected chi connectivity index (χ4v) is 3.81. The maximum Gasteiger partial charge on any atom is 0.344 e. The Labute approximate surface area is 198 Å². The molecule has 0 bridgehead atoms. The first-order chi connectivity index (χ1) is 16.4. The summed E-state index contributed by atoms with van der Waals surface area (Å²) in [6.07, 6.45) is 0. The number of hydrogen-bond donors (Lipinski definition) is 1. The Kier molecular flexibility index (Phi) is 6.68. The minimum Gasteiger partial charge on any atom is -0.495 e. The molecule has 34 heavy (non-hydrogen) atoms. The van der Waals surface area contributed by atoms with Crippen LogP contribution in [0.2, 0.25) is 0 Å². The van der Waals surface area contributed by atoms with E-state index in [-0.39, 0.29) is 18.4 Å². The molecule has 0 aliphatic heterocycles. The van der Waals surface area contributed by atoms with Gasteiger partial charge in [0.05, 0.1) is 18.4 Å². The van der Waals surface area contributed by atoms with Gasteiger partial charge in [-0.2, -0.15) is 0 Å². The van der Waals surface area contributed by atoms with Crippen LogP contribution in [0, 0.1) is 6.92 Å². The lowest BCUT2D eigenvalue weighted by Gasteiger charge is -2.16. The molecular formula is C28H27NO5. The smallest absolute Gasteiger partial charge is 0.344 e. The number of carbonyl (C=O) groups excluding carboxylic acids is 1. The Hall–Kier alpha value is -4.06. The van der Waals surface area contributed by atoms with Crippen LogP contribution in [-0.4, -0.2) is 19.6 Å². The van der Waals surface area contributed by atoms with Gasteiger partial charge in [-0.15, -0.1) is 0 Å². The van der Waals surface area contributed by atoms with Gasteiger partial charge in [-0.3, -0.25) is 4.79 Å². The molecule has 4 aromatic rings. The number of methoxy groups -OCH3 is 1. The average Bonchev–Trinajstić information content (AvgIpc) is 2.82. The first-order valence-electron chi connectivity index (χ1n) is 11.1. The number of amides is 1. The van der Waals surface area contributed by atoms with Crippen molar-refractivity contribution in [2.45, 2.75) is 26.7 Å². The van der Waals surface area contributed by atoms with Crippen molar-refractivity contribution in [3.63, 3.8) is 0 Å². The van der Waals surface area contributed by atoms with E-state index in [1.165, 1.54) is 7.11 Å². The molecule has 174 valence electrons. The lowest BCUT2D eigenvalue weighted by atomic mass is 10.0. The Morgan fingerprint density at radius 1 is 1.00 bits per heavy atom. The van der Waals surface area contributed by atoms with Crippen molar-refractivity contribution in [3.05, 3.63) is 88.3 Å². The summed E-state index contributed by atoms with van der Waals surface area (Å²) in [5.74, 6) is 1.10. The SMILES string of the molecule is COc1ccc(-c2cc3ccccc3oc2=O)cc1NC(=O)COc1cc(C)ccc1C(C)C. The molecule has 0 fully saturated rings. The molecule has 0 spiro atoms. The summed E-state index contributed by atoms with van der Waals surface area (Å²) in [6, 6.07) is 20.2. The number of nitrogens with one attached hydrogen (secondary N) is 1. The summed E-state index contributed by atoms with van der Waals surface area (Å²) >= 11 is 0. The van der Waals surface area contributed by atoms with E-state index >= 15 is 0 Å². The van der Waals surface area contributed by atoms with E-state index in [9.17, 15) is 9.59 Å². The maximum atomic E-state index is 12.7. The molecule has 1 amide bonds. The quantitative estimate of drug-likeness (QED) is 0.349. The number of anilines is 1. The summed E-state index contributed by atoms with van der Waals surface area (Å²) in [7, 11) is 1.52. The molecular weight excluding hydrogens is 430 g/mol. The van der Waals surface area contributed by atoms with Crippen molar-refractivity contribution in [2.24, 2.45) is 0 Å². The lowest BCUT2D eigenvalue weighted by molar-refractivity contribution is -0.118. The van der Waals surface area contributed by atoms with E-state index in [1.54, 1.807) is 30.3 Å². The second-order valence-electron chi connectivity index (χ2n) is 8.43. The van der Waals surface area contributed by atoms with Crippen molar-refractivity contribution in [1.82, 2.24) is 0 Å². The molecule has 0 radical (unpaired) electrons. The number of rotatable bonds is 7. The highest BCUT2D eigenvalue weighted by atomic mass is 16.5. The fraction of sp³-hybridized carbons (Fsp3) is 0.214. The molecule has 0 aliphatic rings. The van der Waals surface area contributed by atoms with E-state index in [2.05, 4.69) is 19.2 Å². The first-order valence-corrected chi connectivity index (χ1v) is 11.1. The summed E-state index contributed by atoms with van der Waals surface area (Å²) in [5, 5.41) is 3.65. The van der Waals surface area contributed by atoms with Gasteiger partial charge < -0.3 is 19.2 Å². The topological polar surface area (TPSA) is 77.8 Å².